The Balaban J connectivity index is 1.60. The van der Waals surface area contributed by atoms with E-state index in [1.54, 1.807) is 0 Å². The molecule has 1 aliphatic carbocycles. The molecule has 106 valence electrons. The van der Waals surface area contributed by atoms with Crippen LogP contribution in [0, 0.1) is 23.2 Å². The van der Waals surface area contributed by atoms with Crippen LogP contribution in [0.1, 0.15) is 30.9 Å². The van der Waals surface area contributed by atoms with Gasteiger partial charge in [0.2, 0.25) is 0 Å². The number of hydrogen-bond acceptors (Lipinski definition) is 3. The first-order chi connectivity index (χ1) is 9.80. The lowest BCUT2D eigenvalue weighted by Gasteiger charge is -2.37. The van der Waals surface area contributed by atoms with Crippen molar-refractivity contribution in [2.45, 2.75) is 32.5 Å². The number of piperidine rings is 1. The number of rotatable bonds is 4. The molecule has 1 heterocycles. The zero-order valence-corrected chi connectivity index (χ0v) is 12.1. The maximum atomic E-state index is 8.93. The van der Waals surface area contributed by atoms with Crippen molar-refractivity contribution >= 4 is 0 Å². The number of nitrogens with zero attached hydrogens (tertiary/aromatic N) is 2. The van der Waals surface area contributed by atoms with E-state index in [0.717, 1.165) is 17.7 Å². The van der Waals surface area contributed by atoms with Crippen molar-refractivity contribution in [2.75, 3.05) is 19.6 Å². The molecule has 2 bridgehead atoms. The van der Waals surface area contributed by atoms with Crippen molar-refractivity contribution in [3.05, 3.63) is 35.4 Å². The van der Waals surface area contributed by atoms with E-state index in [4.69, 9.17) is 10.00 Å². The minimum atomic E-state index is 0.420. The van der Waals surface area contributed by atoms with Crippen LogP contribution in [0.3, 0.4) is 0 Å². The standard InChI is InChI=1S/C17H22N2O/c1-2-19-10-15-6-7-16(11-19)17(15)20-12-14-5-3-4-13(8-14)9-18/h3-5,8,15-17H,2,6-7,10-12H2,1H3/t15-,16+,17?. The lowest BCUT2D eigenvalue weighted by Crippen LogP contribution is -2.45. The molecule has 20 heavy (non-hydrogen) atoms. The molecule has 3 atom stereocenters. The maximum absolute atomic E-state index is 8.93. The Hall–Kier alpha value is -1.37. The molecule has 0 amide bonds. The second kappa shape index (κ2) is 5.95. The first-order valence-electron chi connectivity index (χ1n) is 7.63. The maximum Gasteiger partial charge on any atom is 0.0991 e. The van der Waals surface area contributed by atoms with Gasteiger partial charge in [-0.2, -0.15) is 5.26 Å². The van der Waals surface area contributed by atoms with Gasteiger partial charge in [-0.3, -0.25) is 0 Å². The van der Waals surface area contributed by atoms with Crippen molar-refractivity contribution in [3.63, 3.8) is 0 Å². The molecule has 1 aromatic rings. The fourth-order valence-electron chi connectivity index (χ4n) is 3.72. The lowest BCUT2D eigenvalue weighted by molar-refractivity contribution is -0.0498. The largest absolute Gasteiger partial charge is 0.373 e. The quantitative estimate of drug-likeness (QED) is 0.844. The molecule has 2 fully saturated rings. The summed E-state index contributed by atoms with van der Waals surface area (Å²) in [4.78, 5) is 2.55. The summed E-state index contributed by atoms with van der Waals surface area (Å²) in [5.41, 5.74) is 1.83. The molecule has 1 saturated heterocycles. The van der Waals surface area contributed by atoms with Crippen molar-refractivity contribution in [3.8, 4) is 6.07 Å². The lowest BCUT2D eigenvalue weighted by atomic mass is 9.95. The highest BCUT2D eigenvalue weighted by Crippen LogP contribution is 2.39. The predicted molar refractivity (Wildman–Crippen MR) is 78.1 cm³/mol. The minimum Gasteiger partial charge on any atom is -0.373 e. The molecule has 0 aromatic heterocycles. The fourth-order valence-corrected chi connectivity index (χ4v) is 3.72. The van der Waals surface area contributed by atoms with Crippen LogP contribution in [0.4, 0.5) is 0 Å². The van der Waals surface area contributed by atoms with Gasteiger partial charge in [0.25, 0.3) is 0 Å². The molecule has 1 aromatic carbocycles. The molecule has 0 spiro atoms. The number of hydrogen-bond donors (Lipinski definition) is 0. The van der Waals surface area contributed by atoms with E-state index in [2.05, 4.69) is 17.9 Å². The van der Waals surface area contributed by atoms with Crippen LogP contribution in [0.25, 0.3) is 0 Å². The Kier molecular flexibility index (Phi) is 4.05. The van der Waals surface area contributed by atoms with Gasteiger partial charge < -0.3 is 9.64 Å². The molecule has 3 heteroatoms. The van der Waals surface area contributed by atoms with Gasteiger partial charge >= 0.3 is 0 Å². The van der Waals surface area contributed by atoms with E-state index >= 15 is 0 Å². The highest BCUT2D eigenvalue weighted by Gasteiger charge is 2.42. The van der Waals surface area contributed by atoms with Crippen LogP contribution < -0.4 is 0 Å². The van der Waals surface area contributed by atoms with Gasteiger partial charge in [-0.15, -0.1) is 0 Å². The number of fused-ring (bicyclic) bond motifs is 2. The van der Waals surface area contributed by atoms with Crippen molar-refractivity contribution in [1.82, 2.24) is 4.90 Å². The van der Waals surface area contributed by atoms with E-state index in [1.165, 1.54) is 25.9 Å². The summed E-state index contributed by atoms with van der Waals surface area (Å²) in [6, 6.07) is 9.94. The summed E-state index contributed by atoms with van der Waals surface area (Å²) in [7, 11) is 0. The van der Waals surface area contributed by atoms with E-state index in [0.29, 0.717) is 24.5 Å². The summed E-state index contributed by atoms with van der Waals surface area (Å²) < 4.78 is 6.21. The first kappa shape index (κ1) is 13.6. The Labute approximate surface area is 121 Å². The Bertz CT molecular complexity index is 494. The molecule has 1 saturated carbocycles. The zero-order chi connectivity index (χ0) is 13.9. The molecule has 1 aliphatic heterocycles. The molecule has 3 nitrogen and oxygen atoms in total. The van der Waals surface area contributed by atoms with Crippen LogP contribution in [-0.2, 0) is 11.3 Å². The summed E-state index contributed by atoms with van der Waals surface area (Å²) in [5, 5.41) is 8.93. The fraction of sp³-hybridized carbons (Fsp3) is 0.588. The van der Waals surface area contributed by atoms with Crippen LogP contribution in [0.15, 0.2) is 24.3 Å². The Morgan fingerprint density at radius 2 is 2.05 bits per heavy atom. The van der Waals surface area contributed by atoms with E-state index in [1.807, 2.05) is 24.3 Å². The van der Waals surface area contributed by atoms with Gasteiger partial charge in [-0.25, -0.2) is 0 Å². The van der Waals surface area contributed by atoms with E-state index in [-0.39, 0.29) is 0 Å². The summed E-state index contributed by atoms with van der Waals surface area (Å²) in [6.45, 7) is 6.42. The molecular formula is C17H22N2O. The number of benzene rings is 1. The topological polar surface area (TPSA) is 36.3 Å². The Morgan fingerprint density at radius 1 is 1.30 bits per heavy atom. The zero-order valence-electron chi connectivity index (χ0n) is 12.1. The molecule has 3 rings (SSSR count). The highest BCUT2D eigenvalue weighted by molar-refractivity contribution is 5.32. The van der Waals surface area contributed by atoms with Gasteiger partial charge in [0.05, 0.1) is 24.3 Å². The second-order valence-corrected chi connectivity index (χ2v) is 6.04. The summed E-state index contributed by atoms with van der Waals surface area (Å²) in [6.07, 6.45) is 3.04. The van der Waals surface area contributed by atoms with Gasteiger partial charge in [-0.1, -0.05) is 19.1 Å². The van der Waals surface area contributed by atoms with Gasteiger partial charge in [0.1, 0.15) is 0 Å². The first-order valence-corrected chi connectivity index (χ1v) is 7.63. The molecule has 0 N–H and O–H groups in total. The molecular weight excluding hydrogens is 248 g/mol. The third-order valence-corrected chi connectivity index (χ3v) is 4.77. The summed E-state index contributed by atoms with van der Waals surface area (Å²) in [5.74, 6) is 1.40. The van der Waals surface area contributed by atoms with E-state index < -0.39 is 0 Å². The SMILES string of the molecule is CCN1C[C@H]2CC[C@@H](C1)C2OCc1cccc(C#N)c1. The third-order valence-electron chi connectivity index (χ3n) is 4.77. The van der Waals surface area contributed by atoms with Gasteiger partial charge in [-0.05, 0) is 48.9 Å². The van der Waals surface area contributed by atoms with Crippen LogP contribution >= 0.6 is 0 Å². The summed E-state index contributed by atoms with van der Waals surface area (Å²) >= 11 is 0. The van der Waals surface area contributed by atoms with Crippen LogP contribution in [0.2, 0.25) is 0 Å². The van der Waals surface area contributed by atoms with Crippen molar-refractivity contribution in [1.29, 1.82) is 5.26 Å². The van der Waals surface area contributed by atoms with Crippen LogP contribution in [-0.4, -0.2) is 30.6 Å². The predicted octanol–water partition coefficient (Wildman–Crippen LogP) is 2.81. The number of ether oxygens (including phenoxy) is 1. The monoisotopic (exact) mass is 270 g/mol. The van der Waals surface area contributed by atoms with Crippen LogP contribution in [0.5, 0.6) is 0 Å². The van der Waals surface area contributed by atoms with Crippen molar-refractivity contribution in [2.24, 2.45) is 11.8 Å². The van der Waals surface area contributed by atoms with Gasteiger partial charge in [0.15, 0.2) is 0 Å². The third kappa shape index (κ3) is 2.72. The number of nitriles is 1. The average Bonchev–Trinajstić information content (AvgIpc) is 2.73. The minimum absolute atomic E-state index is 0.420. The second-order valence-electron chi connectivity index (χ2n) is 6.04. The van der Waals surface area contributed by atoms with Crippen molar-refractivity contribution < 1.29 is 4.74 Å². The highest BCUT2D eigenvalue weighted by atomic mass is 16.5. The number of likely N-dealkylation sites (tertiary alicyclic amines) is 1. The van der Waals surface area contributed by atoms with E-state index in [9.17, 15) is 0 Å². The molecule has 2 aliphatic rings. The average molecular weight is 270 g/mol. The smallest absolute Gasteiger partial charge is 0.0991 e. The Morgan fingerprint density at radius 3 is 2.70 bits per heavy atom. The van der Waals surface area contributed by atoms with Gasteiger partial charge in [0, 0.05) is 13.1 Å². The molecule has 0 radical (unpaired) electrons. The normalized spacial score (nSPS) is 29.3. The molecule has 1 unspecified atom stereocenters.